The molecular formula is C11H14F2N2O2. The number of amides is 1. The molecule has 17 heavy (non-hydrogen) atoms. The quantitative estimate of drug-likeness (QED) is 0.795. The second kappa shape index (κ2) is 6.15. The summed E-state index contributed by atoms with van der Waals surface area (Å²) in [6.45, 7) is -2.84. The lowest BCUT2D eigenvalue weighted by molar-refractivity contribution is -0.118. The van der Waals surface area contributed by atoms with Crippen LogP contribution in [0.25, 0.3) is 0 Å². The van der Waals surface area contributed by atoms with Crippen molar-refractivity contribution in [3.8, 4) is 5.75 Å². The average molecular weight is 244 g/mol. The van der Waals surface area contributed by atoms with Crippen LogP contribution in [0.15, 0.2) is 24.3 Å². The summed E-state index contributed by atoms with van der Waals surface area (Å²) in [5, 5.41) is 2.92. The van der Waals surface area contributed by atoms with Crippen LogP contribution >= 0.6 is 0 Å². The SMILES string of the molecule is CNC(CC(N)=O)c1ccc(OC(F)F)cc1. The summed E-state index contributed by atoms with van der Waals surface area (Å²) in [5.74, 6) is -0.352. The number of carbonyl (C=O) groups excluding carboxylic acids is 1. The molecule has 0 saturated heterocycles. The summed E-state index contributed by atoms with van der Waals surface area (Å²) < 4.78 is 28.1. The van der Waals surface area contributed by atoms with Gasteiger partial charge in [-0.3, -0.25) is 4.79 Å². The van der Waals surface area contributed by atoms with Gasteiger partial charge in [-0.1, -0.05) is 12.1 Å². The zero-order valence-corrected chi connectivity index (χ0v) is 9.32. The summed E-state index contributed by atoms with van der Waals surface area (Å²) in [7, 11) is 1.69. The number of alkyl halides is 2. The van der Waals surface area contributed by atoms with E-state index in [9.17, 15) is 13.6 Å². The summed E-state index contributed by atoms with van der Waals surface area (Å²) >= 11 is 0. The van der Waals surface area contributed by atoms with Crippen LogP contribution in [0.3, 0.4) is 0 Å². The lowest BCUT2D eigenvalue weighted by Crippen LogP contribution is -2.23. The second-order valence-electron chi connectivity index (χ2n) is 3.46. The number of primary amides is 1. The van der Waals surface area contributed by atoms with Crippen LogP contribution in [-0.4, -0.2) is 19.6 Å². The molecule has 0 aromatic heterocycles. The zero-order chi connectivity index (χ0) is 12.8. The third-order valence-corrected chi connectivity index (χ3v) is 2.26. The first-order valence-electron chi connectivity index (χ1n) is 5.03. The zero-order valence-electron chi connectivity index (χ0n) is 9.32. The highest BCUT2D eigenvalue weighted by molar-refractivity contribution is 5.74. The Morgan fingerprint density at radius 1 is 1.41 bits per heavy atom. The van der Waals surface area contributed by atoms with E-state index >= 15 is 0 Å². The molecule has 0 aliphatic heterocycles. The molecule has 1 aromatic rings. The van der Waals surface area contributed by atoms with E-state index in [1.165, 1.54) is 12.1 Å². The minimum absolute atomic E-state index is 0.0812. The van der Waals surface area contributed by atoms with Gasteiger partial charge in [0.15, 0.2) is 0 Å². The van der Waals surface area contributed by atoms with Gasteiger partial charge in [-0.15, -0.1) is 0 Å². The Labute approximate surface area is 97.8 Å². The Kier molecular flexibility index (Phi) is 4.84. The van der Waals surface area contributed by atoms with E-state index in [0.29, 0.717) is 0 Å². The fourth-order valence-corrected chi connectivity index (χ4v) is 1.47. The fraction of sp³-hybridized carbons (Fsp3) is 0.364. The maximum absolute atomic E-state index is 11.9. The van der Waals surface area contributed by atoms with Gasteiger partial charge in [0.1, 0.15) is 5.75 Å². The van der Waals surface area contributed by atoms with Crippen molar-refractivity contribution in [1.82, 2.24) is 5.32 Å². The lowest BCUT2D eigenvalue weighted by Gasteiger charge is -2.15. The number of benzene rings is 1. The van der Waals surface area contributed by atoms with Crippen molar-refractivity contribution in [2.24, 2.45) is 5.73 Å². The number of hydrogen-bond donors (Lipinski definition) is 2. The first-order chi connectivity index (χ1) is 8.02. The van der Waals surface area contributed by atoms with Crippen LogP contribution in [0.4, 0.5) is 8.78 Å². The average Bonchev–Trinajstić information content (AvgIpc) is 2.26. The van der Waals surface area contributed by atoms with Gasteiger partial charge < -0.3 is 15.8 Å². The van der Waals surface area contributed by atoms with Crippen molar-refractivity contribution in [3.05, 3.63) is 29.8 Å². The maximum atomic E-state index is 11.9. The third-order valence-electron chi connectivity index (χ3n) is 2.26. The van der Waals surface area contributed by atoms with Crippen LogP contribution < -0.4 is 15.8 Å². The smallest absolute Gasteiger partial charge is 0.387 e. The summed E-state index contributed by atoms with van der Waals surface area (Å²) in [6, 6.07) is 5.84. The van der Waals surface area contributed by atoms with Crippen LogP contribution in [0, 0.1) is 0 Å². The molecule has 1 rings (SSSR count). The first-order valence-corrected chi connectivity index (χ1v) is 5.03. The molecule has 0 heterocycles. The summed E-state index contributed by atoms with van der Waals surface area (Å²) in [4.78, 5) is 10.8. The molecule has 1 amide bonds. The topological polar surface area (TPSA) is 64.3 Å². The van der Waals surface area contributed by atoms with Gasteiger partial charge in [0, 0.05) is 12.5 Å². The molecule has 3 N–H and O–H groups in total. The Hall–Kier alpha value is -1.69. The number of carbonyl (C=O) groups is 1. The maximum Gasteiger partial charge on any atom is 0.387 e. The largest absolute Gasteiger partial charge is 0.435 e. The molecule has 1 aromatic carbocycles. The molecule has 1 atom stereocenters. The van der Waals surface area contributed by atoms with Gasteiger partial charge in [0.25, 0.3) is 0 Å². The third kappa shape index (κ3) is 4.36. The molecule has 94 valence electrons. The van der Waals surface area contributed by atoms with E-state index in [4.69, 9.17) is 5.73 Å². The van der Waals surface area contributed by atoms with E-state index in [2.05, 4.69) is 10.1 Å². The van der Waals surface area contributed by atoms with Gasteiger partial charge >= 0.3 is 6.61 Å². The Morgan fingerprint density at radius 3 is 2.41 bits per heavy atom. The molecule has 0 spiro atoms. The van der Waals surface area contributed by atoms with Crippen molar-refractivity contribution in [2.45, 2.75) is 19.1 Å². The minimum atomic E-state index is -2.84. The number of nitrogens with two attached hydrogens (primary N) is 1. The molecule has 4 nitrogen and oxygen atoms in total. The molecule has 6 heteroatoms. The minimum Gasteiger partial charge on any atom is -0.435 e. The fourth-order valence-electron chi connectivity index (χ4n) is 1.47. The molecule has 0 fully saturated rings. The Morgan fingerprint density at radius 2 is 2.00 bits per heavy atom. The van der Waals surface area contributed by atoms with E-state index in [1.54, 1.807) is 19.2 Å². The van der Waals surface area contributed by atoms with Crippen LogP contribution in [-0.2, 0) is 4.79 Å². The highest BCUT2D eigenvalue weighted by atomic mass is 19.3. The van der Waals surface area contributed by atoms with Gasteiger partial charge in [0.05, 0.1) is 0 Å². The predicted molar refractivity (Wildman–Crippen MR) is 58.7 cm³/mol. The number of nitrogens with one attached hydrogen (secondary N) is 1. The van der Waals surface area contributed by atoms with Crippen molar-refractivity contribution >= 4 is 5.91 Å². The molecule has 0 aliphatic carbocycles. The molecule has 0 saturated carbocycles. The molecule has 1 unspecified atom stereocenters. The number of rotatable bonds is 6. The molecule has 0 aliphatic rings. The standard InChI is InChI=1S/C11H14F2N2O2/c1-15-9(6-10(14)16)7-2-4-8(5-3-7)17-11(12)13/h2-5,9,11,15H,6H2,1H3,(H2,14,16). The van der Waals surface area contributed by atoms with Crippen molar-refractivity contribution in [2.75, 3.05) is 7.05 Å². The summed E-state index contributed by atoms with van der Waals surface area (Å²) in [5.41, 5.74) is 5.88. The highest BCUT2D eigenvalue weighted by Gasteiger charge is 2.12. The first kappa shape index (κ1) is 13.4. The lowest BCUT2D eigenvalue weighted by atomic mass is 10.0. The van der Waals surface area contributed by atoms with Crippen LogP contribution in [0.1, 0.15) is 18.0 Å². The van der Waals surface area contributed by atoms with Gasteiger partial charge in [-0.25, -0.2) is 0 Å². The number of hydrogen-bond acceptors (Lipinski definition) is 3. The Balaban J connectivity index is 2.74. The van der Waals surface area contributed by atoms with Crippen molar-refractivity contribution in [1.29, 1.82) is 0 Å². The van der Waals surface area contributed by atoms with Crippen molar-refractivity contribution in [3.63, 3.8) is 0 Å². The van der Waals surface area contributed by atoms with E-state index < -0.39 is 12.5 Å². The molecule has 0 bridgehead atoms. The van der Waals surface area contributed by atoms with Gasteiger partial charge in [0.2, 0.25) is 5.91 Å². The second-order valence-corrected chi connectivity index (χ2v) is 3.46. The summed E-state index contributed by atoms with van der Waals surface area (Å²) in [6.07, 6.45) is 0.144. The van der Waals surface area contributed by atoms with Crippen LogP contribution in [0.5, 0.6) is 5.75 Å². The number of halogens is 2. The predicted octanol–water partition coefficient (Wildman–Crippen LogP) is 1.42. The molecular weight excluding hydrogens is 230 g/mol. The van der Waals surface area contributed by atoms with Gasteiger partial charge in [-0.2, -0.15) is 8.78 Å². The van der Waals surface area contributed by atoms with Crippen LogP contribution in [0.2, 0.25) is 0 Å². The van der Waals surface area contributed by atoms with E-state index in [0.717, 1.165) is 5.56 Å². The Bertz CT molecular complexity index is 368. The monoisotopic (exact) mass is 244 g/mol. The van der Waals surface area contributed by atoms with Crippen molar-refractivity contribution < 1.29 is 18.3 Å². The number of ether oxygens (including phenoxy) is 1. The van der Waals surface area contributed by atoms with E-state index in [1.807, 2.05) is 0 Å². The van der Waals surface area contributed by atoms with E-state index in [-0.39, 0.29) is 18.2 Å². The van der Waals surface area contributed by atoms with Gasteiger partial charge in [-0.05, 0) is 24.7 Å². The normalized spacial score (nSPS) is 12.5. The highest BCUT2D eigenvalue weighted by Crippen LogP contribution is 2.20. The molecule has 0 radical (unpaired) electrons.